The molecule has 10 heteroatoms. The third kappa shape index (κ3) is 8.00. The third-order valence-corrected chi connectivity index (χ3v) is 9.63. The molecule has 2 amide bonds. The number of amides is 2. The van der Waals surface area contributed by atoms with Gasteiger partial charge in [0.2, 0.25) is 11.8 Å². The Hall–Kier alpha value is -3.85. The summed E-state index contributed by atoms with van der Waals surface area (Å²) in [6, 6.07) is 25.1. The number of carbonyl (C=O) groups excluding carboxylic acids is 2. The van der Waals surface area contributed by atoms with Crippen molar-refractivity contribution in [3.63, 3.8) is 0 Å². The lowest BCUT2D eigenvalue weighted by Crippen LogP contribution is -2.53. The molecular formula is C34H35Cl2N3O4S. The van der Waals surface area contributed by atoms with Gasteiger partial charge in [0.25, 0.3) is 10.0 Å². The summed E-state index contributed by atoms with van der Waals surface area (Å²) in [7, 11) is -2.69. The van der Waals surface area contributed by atoms with Gasteiger partial charge >= 0.3 is 0 Å². The van der Waals surface area contributed by atoms with E-state index in [1.165, 1.54) is 24.1 Å². The molecule has 0 bridgehead atoms. The second-order valence-electron chi connectivity index (χ2n) is 10.7. The number of nitrogens with zero attached hydrogens (tertiary/aromatic N) is 2. The van der Waals surface area contributed by atoms with Crippen molar-refractivity contribution in [1.29, 1.82) is 0 Å². The largest absolute Gasteiger partial charge is 0.357 e. The highest BCUT2D eigenvalue weighted by Gasteiger charge is 2.34. The van der Waals surface area contributed by atoms with E-state index in [4.69, 9.17) is 23.2 Å². The summed E-state index contributed by atoms with van der Waals surface area (Å²) in [6.45, 7) is 5.00. The van der Waals surface area contributed by atoms with Crippen molar-refractivity contribution in [2.75, 3.05) is 17.9 Å². The molecule has 4 aromatic carbocycles. The molecule has 0 saturated carbocycles. The van der Waals surface area contributed by atoms with Crippen LogP contribution in [0.1, 0.15) is 27.8 Å². The molecule has 0 aliphatic heterocycles. The number of halogens is 2. The SMILES string of the molecule is CNC(=O)[C@H](Cc1ccccc1)N(Cc1ccc(Cl)cc1Cl)C(=O)CN(c1cc(C)cc(C)c1)S(=O)(=O)c1ccc(C)cc1. The highest BCUT2D eigenvalue weighted by molar-refractivity contribution is 7.92. The monoisotopic (exact) mass is 651 g/mol. The average Bonchev–Trinajstić information content (AvgIpc) is 2.98. The summed E-state index contributed by atoms with van der Waals surface area (Å²) in [5.41, 5.74) is 4.33. The van der Waals surface area contributed by atoms with Crippen molar-refractivity contribution in [3.8, 4) is 0 Å². The molecule has 230 valence electrons. The summed E-state index contributed by atoms with van der Waals surface area (Å²) >= 11 is 12.7. The van der Waals surface area contributed by atoms with Crippen LogP contribution < -0.4 is 9.62 Å². The number of carbonyl (C=O) groups is 2. The molecule has 0 unspecified atom stereocenters. The lowest BCUT2D eigenvalue weighted by molar-refractivity contribution is -0.139. The smallest absolute Gasteiger partial charge is 0.264 e. The van der Waals surface area contributed by atoms with E-state index >= 15 is 0 Å². The molecule has 1 N–H and O–H groups in total. The number of sulfonamides is 1. The van der Waals surface area contributed by atoms with Crippen molar-refractivity contribution in [1.82, 2.24) is 10.2 Å². The summed E-state index contributed by atoms with van der Waals surface area (Å²) in [5, 5.41) is 3.42. The number of nitrogens with one attached hydrogen (secondary N) is 1. The van der Waals surface area contributed by atoms with Gasteiger partial charge in [-0.1, -0.05) is 83.4 Å². The molecule has 0 spiro atoms. The van der Waals surface area contributed by atoms with E-state index in [0.29, 0.717) is 21.3 Å². The van der Waals surface area contributed by atoms with Gasteiger partial charge in [0.15, 0.2) is 0 Å². The van der Waals surface area contributed by atoms with Crippen LogP contribution in [0.15, 0.2) is 95.9 Å². The molecule has 0 fully saturated rings. The van der Waals surface area contributed by atoms with E-state index in [2.05, 4.69) is 5.32 Å². The van der Waals surface area contributed by atoms with Crippen LogP contribution >= 0.6 is 23.2 Å². The van der Waals surface area contributed by atoms with Crippen LogP contribution in [0.2, 0.25) is 10.0 Å². The Morgan fingerprint density at radius 2 is 1.45 bits per heavy atom. The quantitative estimate of drug-likeness (QED) is 0.201. The first-order chi connectivity index (χ1) is 20.9. The van der Waals surface area contributed by atoms with E-state index in [-0.39, 0.29) is 17.9 Å². The lowest BCUT2D eigenvalue weighted by atomic mass is 10.0. The van der Waals surface area contributed by atoms with Crippen LogP contribution in [0.5, 0.6) is 0 Å². The van der Waals surface area contributed by atoms with Gasteiger partial charge in [-0.25, -0.2) is 8.42 Å². The molecule has 0 aliphatic rings. The van der Waals surface area contributed by atoms with Gasteiger partial charge in [-0.2, -0.15) is 0 Å². The minimum absolute atomic E-state index is 0.0505. The maximum absolute atomic E-state index is 14.4. The first kappa shape index (κ1) is 33.1. The van der Waals surface area contributed by atoms with E-state index in [1.807, 2.05) is 57.2 Å². The van der Waals surface area contributed by atoms with Crippen LogP contribution in [-0.4, -0.2) is 44.8 Å². The zero-order valence-corrected chi connectivity index (χ0v) is 27.4. The molecule has 0 aromatic heterocycles. The standard InChI is InChI=1S/C34H35Cl2N3O4S/c1-23-10-14-30(15-11-23)44(42,43)39(29-17-24(2)16-25(3)18-29)22-33(40)38(21-27-12-13-28(35)20-31(27)36)32(34(41)37-4)19-26-8-6-5-7-9-26/h5-18,20,32H,19,21-22H2,1-4H3,(H,37,41)/t32-/m0/s1. The van der Waals surface area contributed by atoms with Crippen molar-refractivity contribution < 1.29 is 18.0 Å². The van der Waals surface area contributed by atoms with Crippen LogP contribution in [0, 0.1) is 20.8 Å². The average molecular weight is 653 g/mol. The van der Waals surface area contributed by atoms with E-state index < -0.39 is 34.4 Å². The number of anilines is 1. The predicted octanol–water partition coefficient (Wildman–Crippen LogP) is 6.50. The maximum atomic E-state index is 14.4. The van der Waals surface area contributed by atoms with Crippen molar-refractivity contribution in [2.24, 2.45) is 0 Å². The van der Waals surface area contributed by atoms with Crippen LogP contribution in [-0.2, 0) is 32.6 Å². The van der Waals surface area contributed by atoms with Crippen LogP contribution in [0.3, 0.4) is 0 Å². The normalized spacial score (nSPS) is 12.0. The fourth-order valence-electron chi connectivity index (χ4n) is 5.01. The number of likely N-dealkylation sites (N-methyl/N-ethyl adjacent to an activating group) is 1. The van der Waals surface area contributed by atoms with E-state index in [1.54, 1.807) is 42.5 Å². The number of hydrogen-bond donors (Lipinski definition) is 1. The van der Waals surface area contributed by atoms with Gasteiger partial charge in [0.1, 0.15) is 12.6 Å². The van der Waals surface area contributed by atoms with Gasteiger partial charge in [-0.3, -0.25) is 13.9 Å². The summed E-state index contributed by atoms with van der Waals surface area (Å²) in [4.78, 5) is 29.3. The number of rotatable bonds is 11. The van der Waals surface area contributed by atoms with Crippen LogP contribution in [0.4, 0.5) is 5.69 Å². The summed E-state index contributed by atoms with van der Waals surface area (Å²) in [6.07, 6.45) is 0.200. The predicted molar refractivity (Wildman–Crippen MR) is 177 cm³/mol. The fraction of sp³-hybridized carbons (Fsp3) is 0.235. The van der Waals surface area contributed by atoms with E-state index in [0.717, 1.165) is 26.6 Å². The molecule has 4 rings (SSSR count). The second kappa shape index (κ2) is 14.3. The molecule has 0 radical (unpaired) electrons. The van der Waals surface area contributed by atoms with Gasteiger partial charge < -0.3 is 10.2 Å². The Kier molecular flexibility index (Phi) is 10.7. The Balaban J connectivity index is 1.83. The zero-order chi connectivity index (χ0) is 32.0. The number of hydrogen-bond acceptors (Lipinski definition) is 4. The lowest BCUT2D eigenvalue weighted by Gasteiger charge is -2.34. The van der Waals surface area contributed by atoms with Crippen LogP contribution in [0.25, 0.3) is 0 Å². The Labute approximate surface area is 269 Å². The zero-order valence-electron chi connectivity index (χ0n) is 25.1. The van der Waals surface area contributed by atoms with Crippen molar-refractivity contribution >= 4 is 50.7 Å². The number of benzene rings is 4. The molecule has 0 heterocycles. The first-order valence-electron chi connectivity index (χ1n) is 14.1. The van der Waals surface area contributed by atoms with E-state index in [9.17, 15) is 18.0 Å². The Morgan fingerprint density at radius 1 is 0.818 bits per heavy atom. The molecule has 0 saturated heterocycles. The third-order valence-electron chi connectivity index (χ3n) is 7.26. The topological polar surface area (TPSA) is 86.8 Å². The molecular weight excluding hydrogens is 617 g/mol. The molecule has 7 nitrogen and oxygen atoms in total. The second-order valence-corrected chi connectivity index (χ2v) is 13.5. The molecule has 1 atom stereocenters. The highest BCUT2D eigenvalue weighted by Crippen LogP contribution is 2.28. The molecule has 0 aliphatic carbocycles. The Bertz CT molecular complexity index is 1730. The summed E-state index contributed by atoms with van der Waals surface area (Å²) < 4.78 is 29.4. The highest BCUT2D eigenvalue weighted by atomic mass is 35.5. The fourth-order valence-corrected chi connectivity index (χ4v) is 6.88. The first-order valence-corrected chi connectivity index (χ1v) is 16.2. The molecule has 44 heavy (non-hydrogen) atoms. The van der Waals surface area contributed by atoms with Gasteiger partial charge in [0, 0.05) is 30.1 Å². The Morgan fingerprint density at radius 3 is 2.05 bits per heavy atom. The minimum Gasteiger partial charge on any atom is -0.357 e. The van der Waals surface area contributed by atoms with Gasteiger partial charge in [-0.15, -0.1) is 0 Å². The number of aryl methyl sites for hydroxylation is 3. The van der Waals surface area contributed by atoms with Crippen molar-refractivity contribution in [2.45, 2.75) is 44.7 Å². The van der Waals surface area contributed by atoms with Gasteiger partial charge in [0.05, 0.1) is 10.6 Å². The van der Waals surface area contributed by atoms with Gasteiger partial charge in [-0.05, 0) is 79.4 Å². The minimum atomic E-state index is -4.19. The molecule has 4 aromatic rings. The van der Waals surface area contributed by atoms with Crippen molar-refractivity contribution in [3.05, 3.63) is 129 Å². The summed E-state index contributed by atoms with van der Waals surface area (Å²) in [5.74, 6) is -0.970. The maximum Gasteiger partial charge on any atom is 0.264 e.